The highest BCUT2D eigenvalue weighted by atomic mass is 32.2. The topological polar surface area (TPSA) is 119 Å². The molecule has 0 radical (unpaired) electrons. The third kappa shape index (κ3) is 6.62. The second-order valence-corrected chi connectivity index (χ2v) is 10.3. The van der Waals surface area contributed by atoms with E-state index in [1.165, 1.54) is 41.0 Å². The number of piperidine rings is 1. The minimum absolute atomic E-state index is 0.00281. The summed E-state index contributed by atoms with van der Waals surface area (Å²) >= 11 is 1.30. The van der Waals surface area contributed by atoms with E-state index in [1.807, 2.05) is 0 Å². The number of sulfonamides is 1. The standard InChI is InChI=1S/C22H26N2O7S2/c1-30-18-9-7-16(14-20(18)33(28,29)24-11-3-2-4-12-24)23-21(26)15-31-22(27)10-8-17(25)19-6-5-13-32-19/h5-7,9,13-14H,2-4,8,10-12,15H2,1H3,(H,23,26). The van der Waals surface area contributed by atoms with Gasteiger partial charge in [-0.25, -0.2) is 8.42 Å². The van der Waals surface area contributed by atoms with Gasteiger partial charge in [0.15, 0.2) is 12.4 Å². The van der Waals surface area contributed by atoms with Gasteiger partial charge in [0.25, 0.3) is 5.91 Å². The van der Waals surface area contributed by atoms with Gasteiger partial charge in [0.2, 0.25) is 10.0 Å². The number of carbonyl (C=O) groups excluding carboxylic acids is 3. The van der Waals surface area contributed by atoms with E-state index in [9.17, 15) is 22.8 Å². The summed E-state index contributed by atoms with van der Waals surface area (Å²) in [5.74, 6) is -1.27. The maximum atomic E-state index is 13.1. The molecule has 1 aliphatic heterocycles. The lowest BCUT2D eigenvalue weighted by Gasteiger charge is -2.26. The van der Waals surface area contributed by atoms with Crippen LogP contribution in [0, 0.1) is 0 Å². The molecule has 2 aromatic rings. The molecule has 33 heavy (non-hydrogen) atoms. The summed E-state index contributed by atoms with van der Waals surface area (Å²) in [6.07, 6.45) is 2.44. The normalized spacial score (nSPS) is 14.5. The Balaban J connectivity index is 1.56. The summed E-state index contributed by atoms with van der Waals surface area (Å²) in [5, 5.41) is 4.31. The Morgan fingerprint density at radius 3 is 2.52 bits per heavy atom. The molecule has 0 bridgehead atoms. The molecular formula is C22H26N2O7S2. The third-order valence-electron chi connectivity index (χ3n) is 5.10. The zero-order valence-electron chi connectivity index (χ0n) is 18.2. The lowest BCUT2D eigenvalue weighted by Crippen LogP contribution is -2.35. The molecule has 1 fully saturated rings. The van der Waals surface area contributed by atoms with Gasteiger partial charge in [0.1, 0.15) is 10.6 Å². The first-order chi connectivity index (χ1) is 15.8. The molecule has 1 aliphatic rings. The number of Topliss-reactive ketones (excluding diaryl/α,β-unsaturated/α-hetero) is 1. The van der Waals surface area contributed by atoms with Crippen molar-refractivity contribution in [2.24, 2.45) is 0 Å². The molecule has 0 unspecified atom stereocenters. The maximum Gasteiger partial charge on any atom is 0.306 e. The highest BCUT2D eigenvalue weighted by Gasteiger charge is 2.29. The Morgan fingerprint density at radius 1 is 1.09 bits per heavy atom. The number of hydrogen-bond donors (Lipinski definition) is 1. The Kier molecular flexibility index (Phi) is 8.59. The smallest absolute Gasteiger partial charge is 0.306 e. The lowest BCUT2D eigenvalue weighted by atomic mass is 10.2. The highest BCUT2D eigenvalue weighted by Crippen LogP contribution is 2.31. The van der Waals surface area contributed by atoms with E-state index in [2.05, 4.69) is 5.32 Å². The van der Waals surface area contributed by atoms with Gasteiger partial charge in [0, 0.05) is 25.2 Å². The first-order valence-corrected chi connectivity index (χ1v) is 12.8. The molecule has 2 heterocycles. The largest absolute Gasteiger partial charge is 0.495 e. The van der Waals surface area contributed by atoms with Crippen LogP contribution >= 0.6 is 11.3 Å². The number of thiophene rings is 1. The highest BCUT2D eigenvalue weighted by molar-refractivity contribution is 7.89. The number of methoxy groups -OCH3 is 1. The Morgan fingerprint density at radius 2 is 1.85 bits per heavy atom. The molecule has 1 aromatic heterocycles. The molecule has 1 N–H and O–H groups in total. The van der Waals surface area contributed by atoms with E-state index in [0.717, 1.165) is 19.3 Å². The summed E-state index contributed by atoms with van der Waals surface area (Å²) in [5.41, 5.74) is 0.236. The van der Waals surface area contributed by atoms with Gasteiger partial charge in [-0.05, 0) is 42.5 Å². The van der Waals surface area contributed by atoms with Crippen molar-refractivity contribution in [3.05, 3.63) is 40.6 Å². The summed E-state index contributed by atoms with van der Waals surface area (Å²) < 4.78 is 37.7. The van der Waals surface area contributed by atoms with Crippen LogP contribution in [0.5, 0.6) is 5.75 Å². The zero-order chi connectivity index (χ0) is 23.8. The molecule has 1 aromatic carbocycles. The number of carbonyl (C=O) groups is 3. The number of amides is 1. The van der Waals surface area contributed by atoms with Crippen LogP contribution in [-0.4, -0.2) is 57.2 Å². The minimum Gasteiger partial charge on any atom is -0.495 e. The van der Waals surface area contributed by atoms with Gasteiger partial charge < -0.3 is 14.8 Å². The van der Waals surface area contributed by atoms with Gasteiger partial charge in [-0.2, -0.15) is 4.31 Å². The number of ketones is 1. The summed E-state index contributed by atoms with van der Waals surface area (Å²) in [4.78, 5) is 36.5. The van der Waals surface area contributed by atoms with Crippen LogP contribution in [0.3, 0.4) is 0 Å². The van der Waals surface area contributed by atoms with Gasteiger partial charge in [-0.1, -0.05) is 12.5 Å². The van der Waals surface area contributed by atoms with Crippen LogP contribution in [0.1, 0.15) is 41.8 Å². The van der Waals surface area contributed by atoms with E-state index in [4.69, 9.17) is 9.47 Å². The van der Waals surface area contributed by atoms with Crippen LogP contribution < -0.4 is 10.1 Å². The van der Waals surface area contributed by atoms with E-state index < -0.39 is 28.5 Å². The Bertz CT molecular complexity index is 1090. The van der Waals surface area contributed by atoms with E-state index in [-0.39, 0.29) is 35.0 Å². The number of ether oxygens (including phenoxy) is 2. The predicted molar refractivity (Wildman–Crippen MR) is 123 cm³/mol. The van der Waals surface area contributed by atoms with Crippen molar-refractivity contribution in [2.45, 2.75) is 37.0 Å². The van der Waals surface area contributed by atoms with Crippen molar-refractivity contribution in [2.75, 3.05) is 32.1 Å². The number of anilines is 1. The summed E-state index contributed by atoms with van der Waals surface area (Å²) in [7, 11) is -2.40. The number of benzene rings is 1. The van der Waals surface area contributed by atoms with Crippen molar-refractivity contribution in [1.82, 2.24) is 4.31 Å². The number of nitrogens with one attached hydrogen (secondary N) is 1. The number of rotatable bonds is 10. The van der Waals surface area contributed by atoms with Crippen LogP contribution in [0.25, 0.3) is 0 Å². The maximum absolute atomic E-state index is 13.1. The molecular weight excluding hydrogens is 468 g/mol. The van der Waals surface area contributed by atoms with Crippen LogP contribution in [0.2, 0.25) is 0 Å². The van der Waals surface area contributed by atoms with E-state index in [1.54, 1.807) is 17.5 Å². The fourth-order valence-electron chi connectivity index (χ4n) is 3.39. The van der Waals surface area contributed by atoms with Crippen molar-refractivity contribution in [3.63, 3.8) is 0 Å². The molecule has 1 saturated heterocycles. The molecule has 0 atom stereocenters. The van der Waals surface area contributed by atoms with Crippen LogP contribution in [0.15, 0.2) is 40.6 Å². The SMILES string of the molecule is COc1ccc(NC(=O)COC(=O)CCC(=O)c2cccs2)cc1S(=O)(=O)N1CCCCC1. The average Bonchev–Trinajstić information content (AvgIpc) is 3.37. The fourth-order valence-corrected chi connectivity index (χ4v) is 5.78. The van der Waals surface area contributed by atoms with Crippen LogP contribution in [-0.2, 0) is 24.3 Å². The van der Waals surface area contributed by atoms with Crippen molar-refractivity contribution in [3.8, 4) is 5.75 Å². The monoisotopic (exact) mass is 494 g/mol. The first kappa shape index (κ1) is 24.9. The zero-order valence-corrected chi connectivity index (χ0v) is 19.9. The van der Waals surface area contributed by atoms with Crippen molar-refractivity contribution >= 4 is 44.7 Å². The van der Waals surface area contributed by atoms with Gasteiger partial charge in [0.05, 0.1) is 18.4 Å². The molecule has 0 spiro atoms. The van der Waals surface area contributed by atoms with Gasteiger partial charge in [-0.3, -0.25) is 14.4 Å². The van der Waals surface area contributed by atoms with E-state index >= 15 is 0 Å². The van der Waals surface area contributed by atoms with E-state index in [0.29, 0.717) is 18.0 Å². The number of hydrogen-bond acceptors (Lipinski definition) is 8. The third-order valence-corrected chi connectivity index (χ3v) is 7.93. The quantitative estimate of drug-likeness (QED) is 0.398. The number of nitrogens with zero attached hydrogens (tertiary/aromatic N) is 1. The second-order valence-electron chi connectivity index (χ2n) is 7.44. The molecule has 1 amide bonds. The molecule has 0 saturated carbocycles. The molecule has 178 valence electrons. The fraction of sp³-hybridized carbons (Fsp3) is 0.409. The molecule has 0 aliphatic carbocycles. The minimum atomic E-state index is -3.78. The first-order valence-electron chi connectivity index (χ1n) is 10.5. The molecule has 9 nitrogen and oxygen atoms in total. The molecule has 3 rings (SSSR count). The van der Waals surface area contributed by atoms with Gasteiger partial charge >= 0.3 is 5.97 Å². The average molecular weight is 495 g/mol. The van der Waals surface area contributed by atoms with Gasteiger partial charge in [-0.15, -0.1) is 11.3 Å². The Labute approximate surface area is 196 Å². The van der Waals surface area contributed by atoms with Crippen molar-refractivity contribution in [1.29, 1.82) is 0 Å². The predicted octanol–water partition coefficient (Wildman–Crippen LogP) is 3.08. The lowest BCUT2D eigenvalue weighted by molar-refractivity contribution is -0.147. The number of esters is 1. The van der Waals surface area contributed by atoms with Crippen molar-refractivity contribution < 1.29 is 32.3 Å². The molecule has 11 heteroatoms. The summed E-state index contributed by atoms with van der Waals surface area (Å²) in [6, 6.07) is 7.74. The second kappa shape index (κ2) is 11.4. The van der Waals surface area contributed by atoms with Crippen LogP contribution in [0.4, 0.5) is 5.69 Å². The Hall–Kier alpha value is -2.76. The summed E-state index contributed by atoms with van der Waals surface area (Å²) in [6.45, 7) is 0.326.